The molecule has 0 aliphatic heterocycles. The molecule has 8 heteroatoms. The van der Waals surface area contributed by atoms with Gasteiger partial charge in [0.1, 0.15) is 24.4 Å². The van der Waals surface area contributed by atoms with E-state index in [9.17, 15) is 19.5 Å². The van der Waals surface area contributed by atoms with Crippen LogP contribution in [0.15, 0.2) is 60.7 Å². The Bertz CT molecular complexity index is 1070. The zero-order valence-electron chi connectivity index (χ0n) is 20.1. The summed E-state index contributed by atoms with van der Waals surface area (Å²) < 4.78 is 16.4. The van der Waals surface area contributed by atoms with Crippen molar-refractivity contribution in [2.24, 2.45) is 17.8 Å². The highest BCUT2D eigenvalue weighted by molar-refractivity contribution is 5.90. The summed E-state index contributed by atoms with van der Waals surface area (Å²) in [6.45, 7) is 5.20. The summed E-state index contributed by atoms with van der Waals surface area (Å²) in [4.78, 5) is 39.0. The number of nitrogens with one attached hydrogen (secondary N) is 1. The molecule has 2 aromatic rings. The molecule has 2 aromatic carbocycles. The van der Waals surface area contributed by atoms with Crippen molar-refractivity contribution in [3.05, 3.63) is 71.8 Å². The third-order valence-electron chi connectivity index (χ3n) is 6.42. The lowest BCUT2D eigenvalue weighted by Crippen LogP contribution is -2.58. The van der Waals surface area contributed by atoms with Crippen molar-refractivity contribution in [3.8, 4) is 0 Å². The smallest absolute Gasteiger partial charge is 0.408 e. The average Bonchev–Trinajstić information content (AvgIpc) is 3.51. The van der Waals surface area contributed by atoms with Crippen LogP contribution in [0.25, 0.3) is 0 Å². The van der Waals surface area contributed by atoms with Gasteiger partial charge in [-0.2, -0.15) is 0 Å². The van der Waals surface area contributed by atoms with Crippen LogP contribution in [0.1, 0.15) is 38.3 Å². The molecule has 2 fully saturated rings. The number of rotatable bonds is 7. The van der Waals surface area contributed by atoms with Crippen LogP contribution >= 0.6 is 0 Å². The molecule has 0 bridgehead atoms. The SMILES string of the molecule is CC(C)(C)OC(=O)N[C@@]1(C(=O)OCc2ccccc2)C[C@H](O)[C@H]2[C@H](C(=O)OCc3ccccc3)[C@H]21. The van der Waals surface area contributed by atoms with Gasteiger partial charge in [0.2, 0.25) is 0 Å². The Hall–Kier alpha value is -3.39. The van der Waals surface area contributed by atoms with Crippen molar-refractivity contribution >= 4 is 18.0 Å². The van der Waals surface area contributed by atoms with Gasteiger partial charge < -0.3 is 24.6 Å². The van der Waals surface area contributed by atoms with E-state index in [-0.39, 0.29) is 19.6 Å². The highest BCUT2D eigenvalue weighted by Gasteiger charge is 2.76. The fraction of sp³-hybridized carbons (Fsp3) is 0.444. The normalized spacial score (nSPS) is 26.9. The Labute approximate surface area is 204 Å². The van der Waals surface area contributed by atoms with Gasteiger partial charge in [0.25, 0.3) is 0 Å². The van der Waals surface area contributed by atoms with Crippen molar-refractivity contribution in [1.29, 1.82) is 0 Å². The standard InChI is InChI=1S/C27H31NO7/c1-26(2,3)35-25(32)28-27(24(31)34-16-18-12-8-5-9-13-18)14-19(29)20-21(22(20)27)23(30)33-15-17-10-6-4-7-11-17/h4-13,19-22,29H,14-16H2,1-3H3,(H,28,32)/t19-,20-,21-,22-,27-/m0/s1. The van der Waals surface area contributed by atoms with Crippen molar-refractivity contribution in [1.82, 2.24) is 5.32 Å². The lowest BCUT2D eigenvalue weighted by atomic mass is 9.89. The number of amides is 1. The van der Waals surface area contributed by atoms with Gasteiger partial charge in [0.15, 0.2) is 0 Å². The molecule has 0 spiro atoms. The predicted molar refractivity (Wildman–Crippen MR) is 126 cm³/mol. The molecular formula is C27H31NO7. The first kappa shape index (κ1) is 24.7. The quantitative estimate of drug-likeness (QED) is 0.461. The Morgan fingerprint density at radius 2 is 1.49 bits per heavy atom. The number of carbonyl (C=O) groups excluding carboxylic acids is 3. The number of hydrogen-bond acceptors (Lipinski definition) is 7. The molecule has 0 aromatic heterocycles. The monoisotopic (exact) mass is 481 g/mol. The molecular weight excluding hydrogens is 450 g/mol. The highest BCUT2D eigenvalue weighted by atomic mass is 16.6. The van der Waals surface area contributed by atoms with Crippen LogP contribution in [0, 0.1) is 17.8 Å². The minimum atomic E-state index is -1.60. The molecule has 5 atom stereocenters. The molecule has 2 saturated carbocycles. The van der Waals surface area contributed by atoms with Crippen molar-refractivity contribution < 1.29 is 33.7 Å². The second-order valence-corrected chi connectivity index (χ2v) is 10.2. The van der Waals surface area contributed by atoms with E-state index in [1.165, 1.54) is 0 Å². The molecule has 0 saturated heterocycles. The van der Waals surface area contributed by atoms with E-state index >= 15 is 0 Å². The summed E-state index contributed by atoms with van der Waals surface area (Å²) in [6, 6.07) is 18.4. The molecule has 186 valence electrons. The first-order valence-corrected chi connectivity index (χ1v) is 11.7. The molecule has 35 heavy (non-hydrogen) atoms. The van der Waals surface area contributed by atoms with Gasteiger partial charge in [0.05, 0.1) is 12.0 Å². The molecule has 1 amide bonds. The number of hydrogen-bond donors (Lipinski definition) is 2. The first-order valence-electron chi connectivity index (χ1n) is 11.7. The van der Waals surface area contributed by atoms with Crippen LogP contribution in [-0.4, -0.2) is 40.4 Å². The van der Waals surface area contributed by atoms with Gasteiger partial charge in [-0.25, -0.2) is 9.59 Å². The predicted octanol–water partition coefficient (Wildman–Crippen LogP) is 3.36. The number of esters is 2. The van der Waals surface area contributed by atoms with Crippen LogP contribution < -0.4 is 5.32 Å². The fourth-order valence-corrected chi connectivity index (χ4v) is 4.92. The van der Waals surface area contributed by atoms with E-state index in [0.717, 1.165) is 11.1 Å². The maximum atomic E-state index is 13.4. The van der Waals surface area contributed by atoms with Gasteiger partial charge in [0, 0.05) is 18.3 Å². The fourth-order valence-electron chi connectivity index (χ4n) is 4.92. The van der Waals surface area contributed by atoms with Gasteiger partial charge in [-0.1, -0.05) is 60.7 Å². The minimum absolute atomic E-state index is 0.00593. The number of ether oxygens (including phenoxy) is 3. The summed E-state index contributed by atoms with van der Waals surface area (Å²) in [6.07, 6.45) is -1.86. The van der Waals surface area contributed by atoms with Gasteiger partial charge in [-0.05, 0) is 31.9 Å². The number of aliphatic hydroxyl groups is 1. The summed E-state index contributed by atoms with van der Waals surface area (Å²) in [5, 5.41) is 13.4. The lowest BCUT2D eigenvalue weighted by Gasteiger charge is -2.32. The van der Waals surface area contributed by atoms with Crippen LogP contribution in [0.2, 0.25) is 0 Å². The second kappa shape index (κ2) is 9.70. The Morgan fingerprint density at radius 1 is 0.943 bits per heavy atom. The van der Waals surface area contributed by atoms with E-state index in [1.54, 1.807) is 20.8 Å². The first-order chi connectivity index (χ1) is 16.6. The summed E-state index contributed by atoms with van der Waals surface area (Å²) in [5.74, 6) is -3.14. The highest BCUT2D eigenvalue weighted by Crippen LogP contribution is 2.63. The van der Waals surface area contributed by atoms with Crippen molar-refractivity contribution in [3.63, 3.8) is 0 Å². The molecule has 0 radical (unpaired) electrons. The lowest BCUT2D eigenvalue weighted by molar-refractivity contribution is -0.156. The summed E-state index contributed by atoms with van der Waals surface area (Å²) in [5.41, 5.74) is -0.795. The summed E-state index contributed by atoms with van der Waals surface area (Å²) in [7, 11) is 0. The van der Waals surface area contributed by atoms with E-state index < -0.39 is 53.0 Å². The third-order valence-corrected chi connectivity index (χ3v) is 6.42. The van der Waals surface area contributed by atoms with Crippen molar-refractivity contribution in [2.45, 2.75) is 57.6 Å². The van der Waals surface area contributed by atoms with E-state index in [4.69, 9.17) is 14.2 Å². The Balaban J connectivity index is 1.52. The third kappa shape index (κ3) is 5.48. The van der Waals surface area contributed by atoms with Crippen LogP contribution in [0.5, 0.6) is 0 Å². The number of alkyl carbamates (subject to hydrolysis) is 1. The van der Waals surface area contributed by atoms with Gasteiger partial charge in [-0.15, -0.1) is 0 Å². The molecule has 4 rings (SSSR count). The van der Waals surface area contributed by atoms with Gasteiger partial charge in [-0.3, -0.25) is 4.79 Å². The van der Waals surface area contributed by atoms with Crippen LogP contribution in [-0.2, 0) is 37.0 Å². The Kier molecular flexibility index (Phi) is 6.85. The summed E-state index contributed by atoms with van der Waals surface area (Å²) >= 11 is 0. The molecule has 0 heterocycles. The zero-order chi connectivity index (χ0) is 25.2. The number of fused-ring (bicyclic) bond motifs is 1. The molecule has 2 N–H and O–H groups in total. The molecule has 2 aliphatic rings. The number of benzene rings is 2. The molecule has 8 nitrogen and oxygen atoms in total. The molecule has 2 aliphatic carbocycles. The van der Waals surface area contributed by atoms with Crippen LogP contribution in [0.4, 0.5) is 4.79 Å². The maximum absolute atomic E-state index is 13.4. The minimum Gasteiger partial charge on any atom is -0.461 e. The van der Waals surface area contributed by atoms with Crippen LogP contribution in [0.3, 0.4) is 0 Å². The second-order valence-electron chi connectivity index (χ2n) is 10.2. The average molecular weight is 482 g/mol. The largest absolute Gasteiger partial charge is 0.461 e. The van der Waals surface area contributed by atoms with E-state index in [0.29, 0.717) is 0 Å². The zero-order valence-corrected chi connectivity index (χ0v) is 20.1. The van der Waals surface area contributed by atoms with Crippen molar-refractivity contribution in [2.75, 3.05) is 0 Å². The van der Waals surface area contributed by atoms with Gasteiger partial charge >= 0.3 is 18.0 Å². The topological polar surface area (TPSA) is 111 Å². The number of aliphatic hydroxyl groups excluding tert-OH is 1. The molecule has 0 unspecified atom stereocenters. The number of carbonyl (C=O) groups is 3. The van der Waals surface area contributed by atoms with E-state index in [1.807, 2.05) is 60.7 Å². The van der Waals surface area contributed by atoms with E-state index in [2.05, 4.69) is 5.32 Å². The Morgan fingerprint density at radius 3 is 2.03 bits per heavy atom. The maximum Gasteiger partial charge on any atom is 0.408 e.